The lowest BCUT2D eigenvalue weighted by Crippen LogP contribution is -2.25. The Morgan fingerprint density at radius 1 is 1.19 bits per heavy atom. The van der Waals surface area contributed by atoms with E-state index in [9.17, 15) is 9.59 Å². The molecule has 0 spiro atoms. The van der Waals surface area contributed by atoms with Crippen molar-refractivity contribution in [3.05, 3.63) is 70.1 Å². The molecule has 1 unspecified atom stereocenters. The van der Waals surface area contributed by atoms with E-state index < -0.39 is 0 Å². The number of esters is 1. The first kappa shape index (κ1) is 18.0. The van der Waals surface area contributed by atoms with Gasteiger partial charge in [-0.25, -0.2) is 4.79 Å². The minimum atomic E-state index is -0.278. The second-order valence-electron chi connectivity index (χ2n) is 6.51. The van der Waals surface area contributed by atoms with Crippen molar-refractivity contribution in [2.45, 2.75) is 39.2 Å². The third-order valence-electron chi connectivity index (χ3n) is 4.55. The largest absolute Gasteiger partial charge is 0.466 e. The van der Waals surface area contributed by atoms with Crippen LogP contribution in [0.2, 0.25) is 0 Å². The molecule has 0 radical (unpaired) electrons. The van der Waals surface area contributed by atoms with E-state index in [1.165, 1.54) is 5.56 Å². The summed E-state index contributed by atoms with van der Waals surface area (Å²) in [7, 11) is 0. The Kier molecular flexibility index (Phi) is 5.56. The predicted octanol–water partition coefficient (Wildman–Crippen LogP) is 3.77. The maximum absolute atomic E-state index is 12.6. The van der Waals surface area contributed by atoms with Crippen molar-refractivity contribution in [2.75, 3.05) is 6.61 Å². The van der Waals surface area contributed by atoms with E-state index in [1.807, 2.05) is 43.3 Å². The highest BCUT2D eigenvalue weighted by molar-refractivity contribution is 5.77. The van der Waals surface area contributed by atoms with E-state index in [0.717, 1.165) is 23.0 Å². The number of imidazole rings is 1. The second-order valence-corrected chi connectivity index (χ2v) is 6.51. The summed E-state index contributed by atoms with van der Waals surface area (Å²) >= 11 is 0. The van der Waals surface area contributed by atoms with Gasteiger partial charge in [0.2, 0.25) is 0 Å². The van der Waals surface area contributed by atoms with Gasteiger partial charge in [0.05, 0.1) is 24.1 Å². The molecule has 1 aromatic heterocycles. The van der Waals surface area contributed by atoms with Crippen molar-refractivity contribution < 1.29 is 9.53 Å². The molecule has 0 saturated heterocycles. The van der Waals surface area contributed by atoms with Crippen molar-refractivity contribution in [1.82, 2.24) is 9.55 Å². The van der Waals surface area contributed by atoms with Gasteiger partial charge in [0.25, 0.3) is 0 Å². The number of nitrogens with one attached hydrogen (secondary N) is 1. The van der Waals surface area contributed by atoms with Crippen LogP contribution in [0, 0.1) is 6.92 Å². The van der Waals surface area contributed by atoms with Crippen LogP contribution in [0.1, 0.15) is 36.9 Å². The van der Waals surface area contributed by atoms with Gasteiger partial charge in [-0.15, -0.1) is 0 Å². The Morgan fingerprint density at radius 3 is 2.69 bits per heavy atom. The van der Waals surface area contributed by atoms with Gasteiger partial charge in [-0.2, -0.15) is 0 Å². The molecule has 1 heterocycles. The maximum Gasteiger partial charge on any atom is 0.326 e. The molecule has 0 bridgehead atoms. The minimum Gasteiger partial charge on any atom is -0.466 e. The molecular weight excluding hydrogens is 328 g/mol. The number of benzene rings is 2. The number of hydrogen-bond acceptors (Lipinski definition) is 3. The minimum absolute atomic E-state index is 0.182. The molecule has 1 atom stereocenters. The van der Waals surface area contributed by atoms with E-state index in [2.05, 4.69) is 17.1 Å². The Hall–Kier alpha value is -2.82. The zero-order valence-corrected chi connectivity index (χ0v) is 15.2. The molecule has 5 heteroatoms. The average Bonchev–Trinajstić information content (AvgIpc) is 2.95. The summed E-state index contributed by atoms with van der Waals surface area (Å²) in [6, 6.07) is 15.7. The number of nitrogens with zero attached hydrogens (tertiary/aromatic N) is 1. The average molecular weight is 352 g/mol. The van der Waals surface area contributed by atoms with Crippen LogP contribution in [-0.2, 0) is 16.0 Å². The molecule has 0 aliphatic carbocycles. The lowest BCUT2D eigenvalue weighted by atomic mass is 10.0. The summed E-state index contributed by atoms with van der Waals surface area (Å²) in [6.45, 7) is 4.12. The number of fused-ring (bicyclic) bond motifs is 1. The summed E-state index contributed by atoms with van der Waals surface area (Å²) in [5, 5.41) is 0. The third kappa shape index (κ3) is 4.04. The topological polar surface area (TPSA) is 64.1 Å². The maximum atomic E-state index is 12.6. The Bertz CT molecular complexity index is 941. The van der Waals surface area contributed by atoms with Crippen molar-refractivity contribution >= 4 is 17.0 Å². The molecule has 136 valence electrons. The number of H-pyrrole nitrogens is 1. The van der Waals surface area contributed by atoms with Crippen molar-refractivity contribution in [2.24, 2.45) is 0 Å². The Morgan fingerprint density at radius 2 is 1.96 bits per heavy atom. The van der Waals surface area contributed by atoms with Crippen LogP contribution < -0.4 is 5.69 Å². The fraction of sp³-hybridized carbons (Fsp3) is 0.333. The number of hydrogen-bond donors (Lipinski definition) is 1. The quantitative estimate of drug-likeness (QED) is 0.659. The van der Waals surface area contributed by atoms with Gasteiger partial charge in [0.1, 0.15) is 0 Å². The summed E-state index contributed by atoms with van der Waals surface area (Å²) < 4.78 is 6.84. The normalized spacial score (nSPS) is 12.2. The number of ether oxygens (including phenoxy) is 1. The first-order chi connectivity index (χ1) is 12.6. The number of aromatic nitrogens is 2. The van der Waals surface area contributed by atoms with Crippen molar-refractivity contribution in [1.29, 1.82) is 0 Å². The van der Waals surface area contributed by atoms with Crippen molar-refractivity contribution in [3.63, 3.8) is 0 Å². The van der Waals surface area contributed by atoms with Gasteiger partial charge in [0, 0.05) is 6.04 Å². The van der Waals surface area contributed by atoms with Gasteiger partial charge in [0.15, 0.2) is 0 Å². The molecule has 0 amide bonds. The van der Waals surface area contributed by atoms with Gasteiger partial charge >= 0.3 is 11.7 Å². The summed E-state index contributed by atoms with van der Waals surface area (Å²) in [5.41, 5.74) is 3.69. The van der Waals surface area contributed by atoms with Crippen LogP contribution in [0.15, 0.2) is 53.3 Å². The van der Waals surface area contributed by atoms with Crippen LogP contribution in [-0.4, -0.2) is 22.1 Å². The smallest absolute Gasteiger partial charge is 0.326 e. The standard InChI is InChI=1S/C21H24N2O3/c1-3-26-20(24)14-17(11-10-16-7-5-4-6-8-16)23-19-13-15(2)9-12-18(19)22-21(23)25/h4-9,12-13,17H,3,10-11,14H2,1-2H3,(H,22,25). The van der Waals surface area contributed by atoms with E-state index >= 15 is 0 Å². The molecule has 3 aromatic rings. The van der Waals surface area contributed by atoms with Gasteiger partial charge < -0.3 is 9.72 Å². The van der Waals surface area contributed by atoms with Crippen LogP contribution in [0.4, 0.5) is 0 Å². The Balaban J connectivity index is 1.94. The molecule has 1 N–H and O–H groups in total. The van der Waals surface area contributed by atoms with Crippen LogP contribution in [0.5, 0.6) is 0 Å². The predicted molar refractivity (Wildman–Crippen MR) is 102 cm³/mol. The summed E-state index contributed by atoms with van der Waals surface area (Å²) in [6.07, 6.45) is 1.65. The number of aryl methyl sites for hydroxylation is 2. The van der Waals surface area contributed by atoms with Crippen LogP contribution >= 0.6 is 0 Å². The van der Waals surface area contributed by atoms with Crippen LogP contribution in [0.25, 0.3) is 11.0 Å². The highest BCUT2D eigenvalue weighted by Crippen LogP contribution is 2.24. The second kappa shape index (κ2) is 8.04. The first-order valence-electron chi connectivity index (χ1n) is 8.99. The molecule has 0 aliphatic heterocycles. The van der Waals surface area contributed by atoms with Gasteiger partial charge in [-0.1, -0.05) is 36.4 Å². The molecule has 26 heavy (non-hydrogen) atoms. The summed E-state index contributed by atoms with van der Waals surface area (Å²) in [5.74, 6) is -0.278. The van der Waals surface area contributed by atoms with E-state index in [4.69, 9.17) is 4.74 Å². The molecule has 0 aliphatic rings. The zero-order chi connectivity index (χ0) is 18.5. The molecule has 2 aromatic carbocycles. The fourth-order valence-electron chi connectivity index (χ4n) is 3.31. The lowest BCUT2D eigenvalue weighted by molar-refractivity contribution is -0.144. The molecule has 5 nitrogen and oxygen atoms in total. The first-order valence-corrected chi connectivity index (χ1v) is 8.99. The fourth-order valence-corrected chi connectivity index (χ4v) is 3.31. The lowest BCUT2D eigenvalue weighted by Gasteiger charge is -2.18. The zero-order valence-electron chi connectivity index (χ0n) is 15.2. The van der Waals surface area contributed by atoms with Crippen molar-refractivity contribution in [3.8, 4) is 0 Å². The number of rotatable bonds is 7. The van der Waals surface area contributed by atoms with E-state index in [-0.39, 0.29) is 24.1 Å². The number of carbonyl (C=O) groups is 1. The highest BCUT2D eigenvalue weighted by atomic mass is 16.5. The van der Waals surface area contributed by atoms with Crippen LogP contribution in [0.3, 0.4) is 0 Å². The molecule has 0 saturated carbocycles. The van der Waals surface area contributed by atoms with E-state index in [0.29, 0.717) is 13.0 Å². The molecule has 3 rings (SSSR count). The molecular formula is C21H24N2O3. The molecule has 0 fully saturated rings. The monoisotopic (exact) mass is 352 g/mol. The SMILES string of the molecule is CCOC(=O)CC(CCc1ccccc1)n1c(=O)[nH]c2ccc(C)cc21. The number of aromatic amines is 1. The van der Waals surface area contributed by atoms with Gasteiger partial charge in [-0.3, -0.25) is 9.36 Å². The summed E-state index contributed by atoms with van der Waals surface area (Å²) in [4.78, 5) is 27.6. The van der Waals surface area contributed by atoms with Gasteiger partial charge in [-0.05, 0) is 49.9 Å². The number of carbonyl (C=O) groups excluding carboxylic acids is 1. The third-order valence-corrected chi connectivity index (χ3v) is 4.55. The Labute approximate surface area is 152 Å². The highest BCUT2D eigenvalue weighted by Gasteiger charge is 2.21. The van der Waals surface area contributed by atoms with E-state index in [1.54, 1.807) is 11.5 Å².